The highest BCUT2D eigenvalue weighted by atomic mass is 35.5. The van der Waals surface area contributed by atoms with Crippen molar-refractivity contribution in [3.63, 3.8) is 0 Å². The molecule has 1 aromatic carbocycles. The van der Waals surface area contributed by atoms with Crippen molar-refractivity contribution >= 4 is 18.3 Å². The van der Waals surface area contributed by atoms with E-state index in [2.05, 4.69) is 32.9 Å². The average Bonchev–Trinajstić information content (AvgIpc) is 2.83. The third-order valence-electron chi connectivity index (χ3n) is 4.45. The van der Waals surface area contributed by atoms with Gasteiger partial charge in [0.15, 0.2) is 0 Å². The van der Waals surface area contributed by atoms with Gasteiger partial charge in [0.1, 0.15) is 0 Å². The van der Waals surface area contributed by atoms with Gasteiger partial charge in [-0.3, -0.25) is 4.79 Å². The number of benzene rings is 1. The lowest BCUT2D eigenvalue weighted by Gasteiger charge is -2.28. The van der Waals surface area contributed by atoms with Gasteiger partial charge in [-0.1, -0.05) is 51.1 Å². The normalized spacial score (nSPS) is 23.0. The fraction of sp³-hybridized carbons (Fsp3) is 0.588. The van der Waals surface area contributed by atoms with Gasteiger partial charge in [-0.15, -0.1) is 12.4 Å². The van der Waals surface area contributed by atoms with E-state index in [0.717, 1.165) is 25.1 Å². The molecule has 1 aliphatic rings. The van der Waals surface area contributed by atoms with Crippen LogP contribution in [-0.2, 0) is 4.79 Å². The van der Waals surface area contributed by atoms with Gasteiger partial charge < -0.3 is 10.6 Å². The molecule has 118 valence electrons. The molecule has 0 saturated carbocycles. The molecule has 1 heterocycles. The van der Waals surface area contributed by atoms with E-state index < -0.39 is 0 Å². The molecule has 0 aromatic heterocycles. The molecule has 1 amide bonds. The molecule has 0 bridgehead atoms. The second kappa shape index (κ2) is 7.28. The highest BCUT2D eigenvalue weighted by molar-refractivity contribution is 5.85. The number of nitrogens with two attached hydrogens (primary N) is 1. The summed E-state index contributed by atoms with van der Waals surface area (Å²) in [6.07, 6.45) is 1.01. The van der Waals surface area contributed by atoms with Crippen molar-refractivity contribution < 1.29 is 4.79 Å². The molecule has 1 aromatic rings. The van der Waals surface area contributed by atoms with Crippen molar-refractivity contribution in [2.24, 2.45) is 17.1 Å². The van der Waals surface area contributed by atoms with Crippen LogP contribution in [0.2, 0.25) is 0 Å². The Hall–Kier alpha value is -1.06. The van der Waals surface area contributed by atoms with Crippen LogP contribution in [0.15, 0.2) is 30.3 Å². The van der Waals surface area contributed by atoms with Gasteiger partial charge in [-0.25, -0.2) is 0 Å². The number of carbonyl (C=O) groups is 1. The van der Waals surface area contributed by atoms with E-state index in [1.807, 2.05) is 23.1 Å². The Kier molecular flexibility index (Phi) is 6.24. The molecule has 3 nitrogen and oxygen atoms in total. The Morgan fingerprint density at radius 2 is 1.95 bits per heavy atom. The van der Waals surface area contributed by atoms with Crippen molar-refractivity contribution in [3.8, 4) is 0 Å². The quantitative estimate of drug-likeness (QED) is 0.929. The Labute approximate surface area is 134 Å². The maximum atomic E-state index is 12.9. The van der Waals surface area contributed by atoms with E-state index in [0.29, 0.717) is 12.5 Å². The fourth-order valence-corrected chi connectivity index (χ4v) is 3.05. The van der Waals surface area contributed by atoms with Crippen LogP contribution < -0.4 is 5.73 Å². The lowest BCUT2D eigenvalue weighted by Crippen LogP contribution is -2.38. The van der Waals surface area contributed by atoms with E-state index in [-0.39, 0.29) is 29.6 Å². The zero-order valence-corrected chi connectivity index (χ0v) is 14.0. The van der Waals surface area contributed by atoms with E-state index in [4.69, 9.17) is 5.73 Å². The Bertz CT molecular complexity index is 463. The minimum Gasteiger partial charge on any atom is -0.342 e. The minimum atomic E-state index is -0.0451. The van der Waals surface area contributed by atoms with Crippen molar-refractivity contribution in [1.29, 1.82) is 0 Å². The summed E-state index contributed by atoms with van der Waals surface area (Å²) in [5, 5.41) is 0. The first-order valence-corrected chi connectivity index (χ1v) is 7.51. The number of rotatable bonds is 4. The van der Waals surface area contributed by atoms with Crippen molar-refractivity contribution in [3.05, 3.63) is 35.9 Å². The van der Waals surface area contributed by atoms with Crippen LogP contribution >= 0.6 is 12.4 Å². The number of carbonyl (C=O) groups excluding carboxylic acids is 1. The predicted octanol–water partition coefficient (Wildman–Crippen LogP) is 3.05. The van der Waals surface area contributed by atoms with Gasteiger partial charge in [-0.05, 0) is 29.9 Å². The number of nitrogens with zero attached hydrogens (tertiary/aromatic N) is 1. The van der Waals surface area contributed by atoms with Crippen molar-refractivity contribution in [2.75, 3.05) is 19.6 Å². The lowest BCUT2D eigenvalue weighted by molar-refractivity contribution is -0.133. The summed E-state index contributed by atoms with van der Waals surface area (Å²) < 4.78 is 0. The van der Waals surface area contributed by atoms with Gasteiger partial charge in [0.2, 0.25) is 5.91 Å². The summed E-state index contributed by atoms with van der Waals surface area (Å²) >= 11 is 0. The molecule has 2 unspecified atom stereocenters. The molecular weight excluding hydrogens is 284 g/mol. The van der Waals surface area contributed by atoms with E-state index in [1.165, 1.54) is 0 Å². The topological polar surface area (TPSA) is 46.3 Å². The standard InChI is InChI=1S/C17H26N2O.ClH/c1-13(2)15(14-7-5-4-6-8-14)16(20)19-10-9-17(3,11-18)12-19;/h4-8,13,15H,9-12,18H2,1-3H3;1H. The van der Waals surface area contributed by atoms with E-state index in [9.17, 15) is 4.79 Å². The second-order valence-corrected chi connectivity index (χ2v) is 6.66. The van der Waals surface area contributed by atoms with E-state index in [1.54, 1.807) is 0 Å². The maximum Gasteiger partial charge on any atom is 0.230 e. The van der Waals surface area contributed by atoms with Crippen LogP contribution in [0.5, 0.6) is 0 Å². The number of amides is 1. The van der Waals surface area contributed by atoms with Gasteiger partial charge >= 0.3 is 0 Å². The number of halogens is 1. The van der Waals surface area contributed by atoms with Crippen LogP contribution in [0.3, 0.4) is 0 Å². The SMILES string of the molecule is CC(C)C(C(=O)N1CCC(C)(CN)C1)c1ccccc1.Cl. The summed E-state index contributed by atoms with van der Waals surface area (Å²) in [5.41, 5.74) is 7.05. The molecule has 1 saturated heterocycles. The first kappa shape index (κ1) is 18.0. The molecule has 2 N–H and O–H groups in total. The molecule has 0 radical (unpaired) electrons. The number of hydrogen-bond acceptors (Lipinski definition) is 2. The number of hydrogen-bond donors (Lipinski definition) is 1. The van der Waals surface area contributed by atoms with Crippen LogP contribution in [0.1, 0.15) is 38.7 Å². The molecule has 1 fully saturated rings. The molecule has 1 aliphatic heterocycles. The van der Waals surface area contributed by atoms with Crippen LogP contribution in [0, 0.1) is 11.3 Å². The molecule has 21 heavy (non-hydrogen) atoms. The largest absolute Gasteiger partial charge is 0.342 e. The Morgan fingerprint density at radius 1 is 1.33 bits per heavy atom. The highest BCUT2D eigenvalue weighted by Crippen LogP contribution is 2.33. The first-order valence-electron chi connectivity index (χ1n) is 7.51. The van der Waals surface area contributed by atoms with Crippen molar-refractivity contribution in [1.82, 2.24) is 4.90 Å². The molecule has 0 aliphatic carbocycles. The van der Waals surface area contributed by atoms with Gasteiger partial charge in [0, 0.05) is 13.1 Å². The zero-order chi connectivity index (χ0) is 14.8. The highest BCUT2D eigenvalue weighted by Gasteiger charge is 2.38. The summed E-state index contributed by atoms with van der Waals surface area (Å²) in [6.45, 7) is 8.68. The minimum absolute atomic E-state index is 0. The Morgan fingerprint density at radius 3 is 2.43 bits per heavy atom. The fourth-order valence-electron chi connectivity index (χ4n) is 3.05. The van der Waals surface area contributed by atoms with Crippen LogP contribution in [0.4, 0.5) is 0 Å². The molecule has 4 heteroatoms. The van der Waals surface area contributed by atoms with Gasteiger partial charge in [0.25, 0.3) is 0 Å². The lowest BCUT2D eigenvalue weighted by atomic mass is 9.87. The van der Waals surface area contributed by atoms with Crippen molar-refractivity contribution in [2.45, 2.75) is 33.1 Å². The molecule has 2 atom stereocenters. The smallest absolute Gasteiger partial charge is 0.230 e. The van der Waals surface area contributed by atoms with E-state index >= 15 is 0 Å². The predicted molar refractivity (Wildman–Crippen MR) is 89.6 cm³/mol. The summed E-state index contributed by atoms with van der Waals surface area (Å²) in [4.78, 5) is 14.9. The second-order valence-electron chi connectivity index (χ2n) is 6.66. The molecular formula is C17H27ClN2O. The average molecular weight is 311 g/mol. The van der Waals surface area contributed by atoms with Gasteiger partial charge in [0.05, 0.1) is 5.92 Å². The first-order chi connectivity index (χ1) is 9.47. The van der Waals surface area contributed by atoms with Crippen LogP contribution in [-0.4, -0.2) is 30.4 Å². The molecule has 0 spiro atoms. The maximum absolute atomic E-state index is 12.9. The van der Waals surface area contributed by atoms with Crippen LogP contribution in [0.25, 0.3) is 0 Å². The third-order valence-corrected chi connectivity index (χ3v) is 4.45. The third kappa shape index (κ3) is 3.98. The van der Waals surface area contributed by atoms with Gasteiger partial charge in [-0.2, -0.15) is 0 Å². The summed E-state index contributed by atoms with van der Waals surface area (Å²) in [5.74, 6) is 0.509. The number of likely N-dealkylation sites (tertiary alicyclic amines) is 1. The Balaban J connectivity index is 0.00000220. The zero-order valence-electron chi connectivity index (χ0n) is 13.2. The summed E-state index contributed by atoms with van der Waals surface area (Å²) in [6, 6.07) is 10.1. The monoisotopic (exact) mass is 310 g/mol. The molecule has 2 rings (SSSR count). The summed E-state index contributed by atoms with van der Waals surface area (Å²) in [7, 11) is 0.